The van der Waals surface area contributed by atoms with Gasteiger partial charge in [0.1, 0.15) is 5.69 Å². The van der Waals surface area contributed by atoms with Gasteiger partial charge in [-0.25, -0.2) is 9.97 Å². The Morgan fingerprint density at radius 2 is 1.95 bits per heavy atom. The zero-order valence-corrected chi connectivity index (χ0v) is 13.3. The van der Waals surface area contributed by atoms with Gasteiger partial charge >= 0.3 is 0 Å². The van der Waals surface area contributed by atoms with E-state index in [0.29, 0.717) is 18.2 Å². The average molecular weight is 305 g/mol. The quantitative estimate of drug-likeness (QED) is 0.887. The zero-order valence-electron chi connectivity index (χ0n) is 13.3. The second-order valence-corrected chi connectivity index (χ2v) is 5.84. The minimum absolute atomic E-state index is 0.0512. The van der Waals surface area contributed by atoms with Crippen LogP contribution in [0.1, 0.15) is 33.4 Å². The third-order valence-electron chi connectivity index (χ3n) is 2.87. The van der Waals surface area contributed by atoms with Crippen LogP contribution < -0.4 is 15.6 Å². The Morgan fingerprint density at radius 1 is 1.27 bits per heavy atom. The van der Waals surface area contributed by atoms with E-state index >= 15 is 0 Å². The van der Waals surface area contributed by atoms with Crippen molar-refractivity contribution in [3.63, 3.8) is 0 Å². The number of H-pyrrole nitrogens is 1. The van der Waals surface area contributed by atoms with Gasteiger partial charge in [-0.3, -0.25) is 19.9 Å². The van der Waals surface area contributed by atoms with Gasteiger partial charge in [-0.15, -0.1) is 0 Å². The summed E-state index contributed by atoms with van der Waals surface area (Å²) in [5.74, 6) is 0.0923. The van der Waals surface area contributed by atoms with E-state index in [0.717, 1.165) is 0 Å². The van der Waals surface area contributed by atoms with Gasteiger partial charge in [-0.1, -0.05) is 20.8 Å². The van der Waals surface area contributed by atoms with Crippen LogP contribution in [0.15, 0.2) is 4.79 Å². The highest BCUT2D eigenvalue weighted by Crippen LogP contribution is 2.17. The third kappa shape index (κ3) is 3.21. The Balaban J connectivity index is 2.48. The summed E-state index contributed by atoms with van der Waals surface area (Å²) in [5.41, 5.74) is -0.326. The van der Waals surface area contributed by atoms with Crippen LogP contribution >= 0.6 is 0 Å². The first kappa shape index (κ1) is 15.9. The number of carbonyl (C=O) groups excluding carboxylic acids is 1. The maximum Gasteiger partial charge on any atom is 0.280 e. The first-order valence-corrected chi connectivity index (χ1v) is 6.95. The number of aromatic amines is 1. The maximum atomic E-state index is 12.1. The number of nitrogens with zero attached hydrogens (tertiary/aromatic N) is 3. The molecule has 0 aliphatic rings. The van der Waals surface area contributed by atoms with Gasteiger partial charge in [0, 0.05) is 5.41 Å². The van der Waals surface area contributed by atoms with Crippen molar-refractivity contribution < 1.29 is 9.53 Å². The summed E-state index contributed by atoms with van der Waals surface area (Å²) in [7, 11) is 0. The predicted molar refractivity (Wildman–Crippen MR) is 81.9 cm³/mol. The standard InChI is InChI=1S/C14H19N5O3/c1-6-22-11-7(2)15-9-8(16-11)10(20)18-13(17-9)19-12(21)14(3,4)5/h6H2,1-5H3,(H2,15,17,18,19,20,21). The number of carbonyl (C=O) groups is 1. The number of hydrogen-bond donors (Lipinski definition) is 2. The van der Waals surface area contributed by atoms with Gasteiger partial charge in [0.15, 0.2) is 11.2 Å². The SMILES string of the molecule is CCOc1nc2c(=O)[nH]c(NC(=O)C(C)(C)C)nc2nc1C. The normalized spacial score (nSPS) is 11.5. The lowest BCUT2D eigenvalue weighted by molar-refractivity contribution is -0.123. The largest absolute Gasteiger partial charge is 0.477 e. The molecule has 0 radical (unpaired) electrons. The van der Waals surface area contributed by atoms with Crippen molar-refractivity contribution >= 4 is 23.0 Å². The second kappa shape index (κ2) is 5.70. The minimum atomic E-state index is -0.603. The van der Waals surface area contributed by atoms with Gasteiger partial charge in [-0.2, -0.15) is 4.98 Å². The Kier molecular flexibility index (Phi) is 4.11. The van der Waals surface area contributed by atoms with Crippen LogP contribution in [0.5, 0.6) is 5.88 Å². The van der Waals surface area contributed by atoms with E-state index < -0.39 is 11.0 Å². The first-order chi connectivity index (χ1) is 10.2. The number of amides is 1. The smallest absolute Gasteiger partial charge is 0.280 e. The number of aryl methyl sites for hydroxylation is 1. The summed E-state index contributed by atoms with van der Waals surface area (Å²) < 4.78 is 5.32. The molecule has 118 valence electrons. The van der Waals surface area contributed by atoms with Crippen LogP contribution in [-0.2, 0) is 4.79 Å². The molecule has 0 atom stereocenters. The van der Waals surface area contributed by atoms with Crippen LogP contribution in [0.4, 0.5) is 5.95 Å². The Morgan fingerprint density at radius 3 is 2.55 bits per heavy atom. The molecule has 8 nitrogen and oxygen atoms in total. The highest BCUT2D eigenvalue weighted by atomic mass is 16.5. The Hall–Kier alpha value is -2.51. The van der Waals surface area contributed by atoms with Crippen molar-refractivity contribution in [2.45, 2.75) is 34.6 Å². The molecule has 2 rings (SSSR count). The summed E-state index contributed by atoms with van der Waals surface area (Å²) in [6.45, 7) is 9.25. The van der Waals surface area contributed by atoms with Crippen molar-refractivity contribution in [2.24, 2.45) is 5.41 Å². The zero-order chi connectivity index (χ0) is 16.5. The molecular weight excluding hydrogens is 286 g/mol. The van der Waals surface area contributed by atoms with Crippen molar-refractivity contribution in [3.05, 3.63) is 16.0 Å². The van der Waals surface area contributed by atoms with Crippen molar-refractivity contribution in [2.75, 3.05) is 11.9 Å². The number of fused-ring (bicyclic) bond motifs is 1. The van der Waals surface area contributed by atoms with Gasteiger partial charge < -0.3 is 4.74 Å². The number of nitrogens with one attached hydrogen (secondary N) is 2. The van der Waals surface area contributed by atoms with E-state index in [2.05, 4.69) is 25.3 Å². The van der Waals surface area contributed by atoms with E-state index in [4.69, 9.17) is 4.74 Å². The number of rotatable bonds is 3. The van der Waals surface area contributed by atoms with Gasteiger partial charge in [0.25, 0.3) is 5.56 Å². The summed E-state index contributed by atoms with van der Waals surface area (Å²) >= 11 is 0. The molecule has 0 unspecified atom stereocenters. The average Bonchev–Trinajstić information content (AvgIpc) is 2.39. The molecule has 2 heterocycles. The highest BCUT2D eigenvalue weighted by Gasteiger charge is 2.22. The van der Waals surface area contributed by atoms with Crippen LogP contribution in [0.25, 0.3) is 11.2 Å². The van der Waals surface area contributed by atoms with Crippen LogP contribution in [0.3, 0.4) is 0 Å². The van der Waals surface area contributed by atoms with E-state index in [1.54, 1.807) is 27.7 Å². The highest BCUT2D eigenvalue weighted by molar-refractivity contribution is 5.93. The molecule has 0 bridgehead atoms. The van der Waals surface area contributed by atoms with E-state index in [1.807, 2.05) is 6.92 Å². The molecular formula is C14H19N5O3. The molecule has 0 aromatic carbocycles. The van der Waals surface area contributed by atoms with Crippen molar-refractivity contribution in [1.29, 1.82) is 0 Å². The van der Waals surface area contributed by atoms with E-state index in [-0.39, 0.29) is 23.0 Å². The molecule has 2 N–H and O–H groups in total. The van der Waals surface area contributed by atoms with Gasteiger partial charge in [0.2, 0.25) is 17.7 Å². The lowest BCUT2D eigenvalue weighted by Gasteiger charge is -2.16. The summed E-state index contributed by atoms with van der Waals surface area (Å²) in [6, 6.07) is 0. The molecule has 2 aromatic rings. The molecule has 0 spiro atoms. The molecule has 0 aliphatic carbocycles. The molecule has 0 saturated carbocycles. The third-order valence-corrected chi connectivity index (χ3v) is 2.87. The fourth-order valence-electron chi connectivity index (χ4n) is 1.65. The minimum Gasteiger partial charge on any atom is -0.477 e. The maximum absolute atomic E-state index is 12.1. The second-order valence-electron chi connectivity index (χ2n) is 5.84. The van der Waals surface area contributed by atoms with Gasteiger partial charge in [0.05, 0.1) is 6.61 Å². The molecule has 0 fully saturated rings. The molecule has 0 saturated heterocycles. The fraction of sp³-hybridized carbons (Fsp3) is 0.500. The van der Waals surface area contributed by atoms with E-state index in [9.17, 15) is 9.59 Å². The summed E-state index contributed by atoms with van der Waals surface area (Å²) in [6.07, 6.45) is 0. The van der Waals surface area contributed by atoms with Gasteiger partial charge in [-0.05, 0) is 13.8 Å². The predicted octanol–water partition coefficient (Wildman–Crippen LogP) is 1.40. The van der Waals surface area contributed by atoms with Crippen LogP contribution in [-0.4, -0.2) is 32.4 Å². The monoisotopic (exact) mass is 305 g/mol. The molecule has 1 amide bonds. The number of aromatic nitrogens is 4. The number of anilines is 1. The Bertz CT molecular complexity index is 776. The lowest BCUT2D eigenvalue weighted by Crippen LogP contribution is -2.29. The molecule has 0 aliphatic heterocycles. The van der Waals surface area contributed by atoms with Crippen LogP contribution in [0.2, 0.25) is 0 Å². The summed E-state index contributed by atoms with van der Waals surface area (Å²) in [5, 5.41) is 2.57. The first-order valence-electron chi connectivity index (χ1n) is 6.95. The fourth-order valence-corrected chi connectivity index (χ4v) is 1.65. The van der Waals surface area contributed by atoms with E-state index in [1.165, 1.54) is 0 Å². The number of hydrogen-bond acceptors (Lipinski definition) is 6. The van der Waals surface area contributed by atoms with Crippen molar-refractivity contribution in [3.8, 4) is 5.88 Å². The topological polar surface area (TPSA) is 110 Å². The lowest BCUT2D eigenvalue weighted by atomic mass is 9.96. The Labute approximate surface area is 127 Å². The molecule has 8 heteroatoms. The van der Waals surface area contributed by atoms with Crippen LogP contribution in [0, 0.1) is 12.3 Å². The molecule has 22 heavy (non-hydrogen) atoms. The summed E-state index contributed by atoms with van der Waals surface area (Å²) in [4.78, 5) is 39.0. The number of ether oxygens (including phenoxy) is 1. The van der Waals surface area contributed by atoms with Crippen molar-refractivity contribution in [1.82, 2.24) is 19.9 Å². The molecule has 2 aromatic heterocycles.